The van der Waals surface area contributed by atoms with Gasteiger partial charge in [0.1, 0.15) is 5.82 Å². The third kappa shape index (κ3) is 2.80. The summed E-state index contributed by atoms with van der Waals surface area (Å²) in [4.78, 5) is 10.8. The Morgan fingerprint density at radius 1 is 1.53 bits per heavy atom. The Hall–Kier alpha value is -1.35. The third-order valence-electron chi connectivity index (χ3n) is 1.95. The molecule has 0 aliphatic carbocycles. The fourth-order valence-corrected chi connectivity index (χ4v) is 1.25. The highest BCUT2D eigenvalue weighted by Gasteiger charge is 2.05. The number of methoxy groups -OCH3 is 1. The van der Waals surface area contributed by atoms with Crippen LogP contribution in [0.2, 0.25) is 5.02 Å². The van der Waals surface area contributed by atoms with E-state index < -0.39 is 5.97 Å². The summed E-state index contributed by atoms with van der Waals surface area (Å²) >= 11 is 5.88. The lowest BCUT2D eigenvalue weighted by molar-refractivity contribution is -0.134. The monoisotopic (exact) mass is 228 g/mol. The lowest BCUT2D eigenvalue weighted by Crippen LogP contribution is -1.94. The van der Waals surface area contributed by atoms with Crippen LogP contribution in [0.25, 0.3) is 6.08 Å². The highest BCUT2D eigenvalue weighted by molar-refractivity contribution is 6.32. The van der Waals surface area contributed by atoms with E-state index in [2.05, 4.69) is 4.74 Å². The van der Waals surface area contributed by atoms with Crippen LogP contribution in [0.1, 0.15) is 11.1 Å². The van der Waals surface area contributed by atoms with Gasteiger partial charge < -0.3 is 4.74 Å². The Kier molecular flexibility index (Phi) is 3.86. The third-order valence-corrected chi connectivity index (χ3v) is 2.45. The molecule has 0 aromatic heterocycles. The zero-order valence-electron chi connectivity index (χ0n) is 8.38. The predicted octanol–water partition coefficient (Wildman–Crippen LogP) is 2.97. The molecule has 1 aromatic rings. The first-order chi connectivity index (χ1) is 7.06. The summed E-state index contributed by atoms with van der Waals surface area (Å²) in [6.07, 6.45) is 2.72. The van der Waals surface area contributed by atoms with E-state index >= 15 is 0 Å². The molecule has 80 valence electrons. The van der Waals surface area contributed by atoms with Crippen LogP contribution in [0.3, 0.4) is 0 Å². The molecule has 0 radical (unpaired) electrons. The van der Waals surface area contributed by atoms with Crippen LogP contribution in [0.15, 0.2) is 18.2 Å². The Bertz CT molecular complexity index is 413. The predicted molar refractivity (Wildman–Crippen MR) is 57.2 cm³/mol. The molecule has 1 aromatic carbocycles. The first-order valence-corrected chi connectivity index (χ1v) is 4.64. The van der Waals surface area contributed by atoms with Crippen LogP contribution in [-0.4, -0.2) is 13.1 Å². The molecule has 0 aliphatic rings. The van der Waals surface area contributed by atoms with Gasteiger partial charge in [-0.25, -0.2) is 9.18 Å². The molecule has 0 fully saturated rings. The van der Waals surface area contributed by atoms with E-state index in [1.165, 1.54) is 31.4 Å². The minimum atomic E-state index is -0.479. The summed E-state index contributed by atoms with van der Waals surface area (Å²) in [5.74, 6) is -0.844. The number of hydrogen-bond acceptors (Lipinski definition) is 2. The lowest BCUT2D eigenvalue weighted by atomic mass is 10.1. The first-order valence-electron chi connectivity index (χ1n) is 4.27. The summed E-state index contributed by atoms with van der Waals surface area (Å²) < 4.78 is 17.4. The van der Waals surface area contributed by atoms with E-state index in [9.17, 15) is 9.18 Å². The van der Waals surface area contributed by atoms with E-state index in [4.69, 9.17) is 11.6 Å². The normalized spacial score (nSPS) is 10.7. The Balaban J connectivity index is 3.02. The molecule has 0 heterocycles. The number of rotatable bonds is 2. The second-order valence-corrected chi connectivity index (χ2v) is 3.31. The van der Waals surface area contributed by atoms with Gasteiger partial charge in [0, 0.05) is 11.6 Å². The number of ether oxygens (including phenoxy) is 1. The fourth-order valence-electron chi connectivity index (χ4n) is 1.04. The smallest absolute Gasteiger partial charge is 0.330 e. The molecule has 0 bridgehead atoms. The molecule has 4 heteroatoms. The Morgan fingerprint density at radius 3 is 2.80 bits per heavy atom. The van der Waals surface area contributed by atoms with Crippen molar-refractivity contribution in [1.82, 2.24) is 0 Å². The van der Waals surface area contributed by atoms with Gasteiger partial charge in [0.25, 0.3) is 0 Å². The molecule has 0 saturated carbocycles. The van der Waals surface area contributed by atoms with E-state index in [-0.39, 0.29) is 5.82 Å². The number of carbonyl (C=O) groups is 1. The van der Waals surface area contributed by atoms with Crippen molar-refractivity contribution in [3.8, 4) is 0 Å². The van der Waals surface area contributed by atoms with Crippen molar-refractivity contribution in [1.29, 1.82) is 0 Å². The maximum atomic E-state index is 13.0. The van der Waals surface area contributed by atoms with Gasteiger partial charge in [-0.05, 0) is 24.6 Å². The van der Waals surface area contributed by atoms with Crippen molar-refractivity contribution >= 4 is 23.6 Å². The summed E-state index contributed by atoms with van der Waals surface area (Å²) in [5, 5.41) is 0.301. The van der Waals surface area contributed by atoms with Crippen LogP contribution in [-0.2, 0) is 9.53 Å². The molecule has 0 spiro atoms. The van der Waals surface area contributed by atoms with Crippen molar-refractivity contribution in [3.05, 3.63) is 40.2 Å². The van der Waals surface area contributed by atoms with Crippen molar-refractivity contribution in [2.45, 2.75) is 6.92 Å². The van der Waals surface area contributed by atoms with Crippen LogP contribution < -0.4 is 0 Å². The van der Waals surface area contributed by atoms with Gasteiger partial charge in [-0.2, -0.15) is 0 Å². The first kappa shape index (κ1) is 11.7. The standard InChI is InChI=1S/C11H10ClFO2/c1-7-9(13)5-3-8(11(7)12)4-6-10(14)15-2/h3-6H,1-2H3. The van der Waals surface area contributed by atoms with Crippen molar-refractivity contribution in [2.75, 3.05) is 7.11 Å². The maximum absolute atomic E-state index is 13.0. The number of halogens is 2. The van der Waals surface area contributed by atoms with Gasteiger partial charge in [0.2, 0.25) is 0 Å². The Labute approximate surface area is 92.3 Å². The highest BCUT2D eigenvalue weighted by atomic mass is 35.5. The van der Waals surface area contributed by atoms with E-state index in [1.54, 1.807) is 6.92 Å². The molecule has 0 unspecified atom stereocenters. The molecule has 0 atom stereocenters. The molecule has 0 amide bonds. The minimum absolute atomic E-state index is 0.301. The maximum Gasteiger partial charge on any atom is 0.330 e. The molecular weight excluding hydrogens is 219 g/mol. The van der Waals surface area contributed by atoms with Gasteiger partial charge in [0.15, 0.2) is 0 Å². The fraction of sp³-hybridized carbons (Fsp3) is 0.182. The Morgan fingerprint density at radius 2 is 2.20 bits per heavy atom. The summed E-state index contributed by atoms with van der Waals surface area (Å²) in [6, 6.07) is 2.81. The second-order valence-electron chi connectivity index (χ2n) is 2.93. The van der Waals surface area contributed by atoms with Crippen LogP contribution in [0, 0.1) is 12.7 Å². The quantitative estimate of drug-likeness (QED) is 0.575. The van der Waals surface area contributed by atoms with E-state index in [0.717, 1.165) is 0 Å². The molecule has 1 rings (SSSR count). The van der Waals surface area contributed by atoms with Crippen LogP contribution >= 0.6 is 11.6 Å². The SMILES string of the molecule is COC(=O)C=Cc1ccc(F)c(C)c1Cl. The van der Waals surface area contributed by atoms with Gasteiger partial charge >= 0.3 is 5.97 Å². The van der Waals surface area contributed by atoms with Gasteiger partial charge in [-0.3, -0.25) is 0 Å². The summed E-state index contributed by atoms with van der Waals surface area (Å²) in [6.45, 7) is 1.58. The molecule has 15 heavy (non-hydrogen) atoms. The summed E-state index contributed by atoms with van der Waals surface area (Å²) in [7, 11) is 1.28. The number of benzene rings is 1. The topological polar surface area (TPSA) is 26.3 Å². The molecule has 2 nitrogen and oxygen atoms in total. The van der Waals surface area contributed by atoms with Crippen LogP contribution in [0.5, 0.6) is 0 Å². The van der Waals surface area contributed by atoms with E-state index in [0.29, 0.717) is 16.1 Å². The largest absolute Gasteiger partial charge is 0.466 e. The number of esters is 1. The molecular formula is C11H10ClFO2. The summed E-state index contributed by atoms with van der Waals surface area (Å²) in [5.41, 5.74) is 0.949. The average molecular weight is 229 g/mol. The van der Waals surface area contributed by atoms with Gasteiger partial charge in [-0.1, -0.05) is 17.7 Å². The second kappa shape index (κ2) is 4.94. The van der Waals surface area contributed by atoms with Gasteiger partial charge in [0.05, 0.1) is 12.1 Å². The molecule has 0 N–H and O–H groups in total. The van der Waals surface area contributed by atoms with Gasteiger partial charge in [-0.15, -0.1) is 0 Å². The average Bonchev–Trinajstić information content (AvgIpc) is 2.24. The van der Waals surface area contributed by atoms with Crippen LogP contribution in [0.4, 0.5) is 4.39 Å². The molecule has 0 aliphatic heterocycles. The van der Waals surface area contributed by atoms with Crippen molar-refractivity contribution < 1.29 is 13.9 Å². The number of carbonyl (C=O) groups excluding carboxylic acids is 1. The zero-order valence-corrected chi connectivity index (χ0v) is 9.14. The van der Waals surface area contributed by atoms with Crippen molar-refractivity contribution in [3.63, 3.8) is 0 Å². The minimum Gasteiger partial charge on any atom is -0.466 e. The zero-order chi connectivity index (χ0) is 11.4. The molecule has 0 saturated heterocycles. The lowest BCUT2D eigenvalue weighted by Gasteiger charge is -2.03. The van der Waals surface area contributed by atoms with E-state index in [1.807, 2.05) is 0 Å². The van der Waals surface area contributed by atoms with Crippen molar-refractivity contribution in [2.24, 2.45) is 0 Å². The number of hydrogen-bond donors (Lipinski definition) is 0. The highest BCUT2D eigenvalue weighted by Crippen LogP contribution is 2.24.